The maximum Gasteiger partial charge on any atom is 0.261 e. The van der Waals surface area contributed by atoms with Gasteiger partial charge in [0.15, 0.2) is 6.29 Å². The molecule has 1 fully saturated rings. The van der Waals surface area contributed by atoms with E-state index < -0.39 is 0 Å². The van der Waals surface area contributed by atoms with Crippen molar-refractivity contribution in [2.24, 2.45) is 0 Å². The van der Waals surface area contributed by atoms with Gasteiger partial charge in [0.1, 0.15) is 0 Å². The minimum atomic E-state index is -0.126. The molecule has 1 saturated carbocycles. The third-order valence-corrected chi connectivity index (χ3v) is 2.81. The van der Waals surface area contributed by atoms with E-state index >= 15 is 0 Å². The Morgan fingerprint density at radius 3 is 2.53 bits per heavy atom. The van der Waals surface area contributed by atoms with Gasteiger partial charge in [-0.2, -0.15) is 0 Å². The molecule has 0 N–H and O–H groups in total. The first-order valence-electron chi connectivity index (χ1n) is 5.35. The molecule has 1 aromatic heterocycles. The second kappa shape index (κ2) is 3.65. The van der Waals surface area contributed by atoms with Crippen LogP contribution in [0.3, 0.4) is 0 Å². The van der Waals surface area contributed by atoms with Crippen molar-refractivity contribution < 1.29 is 4.79 Å². The van der Waals surface area contributed by atoms with Crippen LogP contribution in [0.25, 0.3) is 0 Å². The van der Waals surface area contributed by atoms with Crippen LogP contribution in [-0.2, 0) is 0 Å². The predicted octanol–water partition coefficient (Wildman–Crippen LogP) is 2.12. The highest BCUT2D eigenvalue weighted by Gasteiger charge is 2.27. The summed E-state index contributed by atoms with van der Waals surface area (Å²) in [5, 5.41) is 0. The summed E-state index contributed by atoms with van der Waals surface area (Å²) < 4.78 is 1.80. The summed E-state index contributed by atoms with van der Waals surface area (Å²) in [4.78, 5) is 22.6. The zero-order valence-electron chi connectivity index (χ0n) is 9.06. The molecule has 2 rings (SSSR count). The van der Waals surface area contributed by atoms with E-state index in [9.17, 15) is 9.59 Å². The molecule has 0 spiro atoms. The highest BCUT2D eigenvalue weighted by atomic mass is 16.1. The van der Waals surface area contributed by atoms with Gasteiger partial charge in [-0.05, 0) is 30.9 Å². The first kappa shape index (κ1) is 10.1. The van der Waals surface area contributed by atoms with Crippen molar-refractivity contribution in [1.29, 1.82) is 0 Å². The lowest BCUT2D eigenvalue weighted by atomic mass is 10.1. The number of aromatic nitrogens is 1. The Labute approximate surface area is 88.7 Å². The number of hydrogen-bond acceptors (Lipinski definition) is 2. The summed E-state index contributed by atoms with van der Waals surface area (Å²) in [6.07, 6.45) is 2.76. The lowest BCUT2D eigenvalue weighted by molar-refractivity contribution is 0.112. The summed E-state index contributed by atoms with van der Waals surface area (Å²) >= 11 is 0. The molecule has 15 heavy (non-hydrogen) atoms. The fourth-order valence-electron chi connectivity index (χ4n) is 1.85. The van der Waals surface area contributed by atoms with Crippen LogP contribution in [0.5, 0.6) is 0 Å². The molecule has 0 saturated heterocycles. The Hall–Kier alpha value is -1.38. The van der Waals surface area contributed by atoms with E-state index in [1.54, 1.807) is 10.6 Å². The summed E-state index contributed by atoms with van der Waals surface area (Å²) in [6, 6.07) is 3.85. The van der Waals surface area contributed by atoms with Crippen LogP contribution in [0.2, 0.25) is 0 Å². The van der Waals surface area contributed by atoms with Crippen LogP contribution in [0, 0.1) is 0 Å². The predicted molar refractivity (Wildman–Crippen MR) is 58.4 cm³/mol. The molecule has 3 nitrogen and oxygen atoms in total. The molecule has 0 aliphatic heterocycles. The van der Waals surface area contributed by atoms with Gasteiger partial charge in [-0.15, -0.1) is 0 Å². The fourth-order valence-corrected chi connectivity index (χ4v) is 1.85. The normalized spacial score (nSPS) is 15.7. The largest absolute Gasteiger partial charge is 0.309 e. The van der Waals surface area contributed by atoms with E-state index in [2.05, 4.69) is 13.8 Å². The first-order valence-corrected chi connectivity index (χ1v) is 5.35. The van der Waals surface area contributed by atoms with E-state index in [1.165, 1.54) is 0 Å². The zero-order chi connectivity index (χ0) is 11.0. The standard InChI is InChI=1S/C12H15NO2/c1-8(2)11-6-3-9(7-14)12(15)13(11)10-4-5-10/h3,6-8,10H,4-5H2,1-2H3. The number of aldehydes is 1. The monoisotopic (exact) mass is 205 g/mol. The molecule has 0 amide bonds. The maximum atomic E-state index is 11.9. The number of carbonyl (C=O) groups excluding carboxylic acids is 1. The SMILES string of the molecule is CC(C)c1ccc(C=O)c(=O)n1C1CC1. The topological polar surface area (TPSA) is 39.1 Å². The average Bonchev–Trinajstić information content (AvgIpc) is 3.00. The van der Waals surface area contributed by atoms with Gasteiger partial charge in [0, 0.05) is 11.7 Å². The Kier molecular flexibility index (Phi) is 2.47. The number of nitrogens with zero attached hydrogens (tertiary/aromatic N) is 1. The number of carbonyl (C=O) groups is 1. The van der Waals surface area contributed by atoms with Gasteiger partial charge in [0.25, 0.3) is 5.56 Å². The van der Waals surface area contributed by atoms with E-state index in [0.29, 0.717) is 18.2 Å². The number of rotatable bonds is 3. The van der Waals surface area contributed by atoms with Crippen molar-refractivity contribution in [2.75, 3.05) is 0 Å². The summed E-state index contributed by atoms with van der Waals surface area (Å²) in [6.45, 7) is 4.13. The van der Waals surface area contributed by atoms with Crippen LogP contribution in [0.4, 0.5) is 0 Å². The van der Waals surface area contributed by atoms with Crippen LogP contribution in [-0.4, -0.2) is 10.9 Å². The van der Waals surface area contributed by atoms with Gasteiger partial charge < -0.3 is 4.57 Å². The van der Waals surface area contributed by atoms with Crippen molar-refractivity contribution in [1.82, 2.24) is 4.57 Å². The molecule has 0 radical (unpaired) electrons. The minimum Gasteiger partial charge on any atom is -0.309 e. The molecular weight excluding hydrogens is 190 g/mol. The van der Waals surface area contributed by atoms with Crippen LogP contribution >= 0.6 is 0 Å². The van der Waals surface area contributed by atoms with E-state index in [1.807, 2.05) is 6.07 Å². The molecule has 1 aliphatic carbocycles. The Morgan fingerprint density at radius 2 is 2.07 bits per heavy atom. The van der Waals surface area contributed by atoms with E-state index in [4.69, 9.17) is 0 Å². The summed E-state index contributed by atoms with van der Waals surface area (Å²) in [5.41, 5.74) is 1.18. The van der Waals surface area contributed by atoms with Crippen molar-refractivity contribution in [3.63, 3.8) is 0 Å². The Balaban J connectivity index is 2.62. The Bertz CT molecular complexity index is 441. The van der Waals surface area contributed by atoms with Gasteiger partial charge >= 0.3 is 0 Å². The molecule has 0 aromatic carbocycles. The number of hydrogen-bond donors (Lipinski definition) is 0. The summed E-state index contributed by atoms with van der Waals surface area (Å²) in [7, 11) is 0. The highest BCUT2D eigenvalue weighted by Crippen LogP contribution is 2.35. The molecule has 0 atom stereocenters. The van der Waals surface area contributed by atoms with Gasteiger partial charge in [0.2, 0.25) is 0 Å². The lowest BCUT2D eigenvalue weighted by Gasteiger charge is -2.15. The summed E-state index contributed by atoms with van der Waals surface area (Å²) in [5.74, 6) is 0.319. The molecule has 1 aliphatic rings. The molecule has 1 heterocycles. The second-order valence-electron chi connectivity index (χ2n) is 4.39. The molecule has 0 bridgehead atoms. The second-order valence-corrected chi connectivity index (χ2v) is 4.39. The average molecular weight is 205 g/mol. The first-order chi connectivity index (χ1) is 7.15. The van der Waals surface area contributed by atoms with Crippen molar-refractivity contribution in [3.05, 3.63) is 33.7 Å². The Morgan fingerprint density at radius 1 is 1.40 bits per heavy atom. The quantitative estimate of drug-likeness (QED) is 0.709. The van der Waals surface area contributed by atoms with Gasteiger partial charge in [0.05, 0.1) is 5.56 Å². The van der Waals surface area contributed by atoms with E-state index in [-0.39, 0.29) is 11.1 Å². The maximum absolute atomic E-state index is 11.9. The lowest BCUT2D eigenvalue weighted by Crippen LogP contribution is -2.26. The van der Waals surface area contributed by atoms with Crippen LogP contribution in [0.1, 0.15) is 54.7 Å². The third-order valence-electron chi connectivity index (χ3n) is 2.81. The molecule has 80 valence electrons. The molecule has 0 unspecified atom stereocenters. The van der Waals surface area contributed by atoms with Gasteiger partial charge in [-0.25, -0.2) is 0 Å². The minimum absolute atomic E-state index is 0.126. The third kappa shape index (κ3) is 1.74. The van der Waals surface area contributed by atoms with Gasteiger partial charge in [-0.3, -0.25) is 9.59 Å². The van der Waals surface area contributed by atoms with Gasteiger partial charge in [-0.1, -0.05) is 13.8 Å². The van der Waals surface area contributed by atoms with Crippen molar-refractivity contribution in [3.8, 4) is 0 Å². The smallest absolute Gasteiger partial charge is 0.261 e. The molecule has 3 heteroatoms. The zero-order valence-corrected chi connectivity index (χ0v) is 9.06. The fraction of sp³-hybridized carbons (Fsp3) is 0.500. The van der Waals surface area contributed by atoms with Crippen molar-refractivity contribution in [2.45, 2.75) is 38.6 Å². The van der Waals surface area contributed by atoms with E-state index in [0.717, 1.165) is 18.5 Å². The van der Waals surface area contributed by atoms with Crippen molar-refractivity contribution >= 4 is 6.29 Å². The highest BCUT2D eigenvalue weighted by molar-refractivity contribution is 5.74. The number of pyridine rings is 1. The van der Waals surface area contributed by atoms with Crippen LogP contribution < -0.4 is 5.56 Å². The molecular formula is C12H15NO2. The molecule has 1 aromatic rings. The van der Waals surface area contributed by atoms with Crippen LogP contribution in [0.15, 0.2) is 16.9 Å².